The number of amides is 1. The van der Waals surface area contributed by atoms with Crippen LogP contribution in [0.15, 0.2) is 12.4 Å². The van der Waals surface area contributed by atoms with E-state index in [9.17, 15) is 13.2 Å². The van der Waals surface area contributed by atoms with E-state index in [1.807, 2.05) is 0 Å². The molecule has 0 atom stereocenters. The Bertz CT molecular complexity index is 500. The van der Waals surface area contributed by atoms with Crippen LogP contribution < -0.4 is 10.5 Å². The van der Waals surface area contributed by atoms with Gasteiger partial charge in [-0.25, -0.2) is 8.42 Å². The second-order valence-electron chi connectivity index (χ2n) is 3.71. The standard InChI is InChI=1S/C9H15ClN4O3S/c10-3-1-2-4-18(16,17)13-8-5-12-14(6-8)7-9(11)15/h5-6,13H,1-4,7H2,(H2,11,15). The molecule has 3 N–H and O–H groups in total. The van der Waals surface area contributed by atoms with Crippen LogP contribution in [0.4, 0.5) is 5.69 Å². The van der Waals surface area contributed by atoms with Gasteiger partial charge >= 0.3 is 0 Å². The van der Waals surface area contributed by atoms with Crippen molar-refractivity contribution < 1.29 is 13.2 Å². The summed E-state index contributed by atoms with van der Waals surface area (Å²) in [4.78, 5) is 10.6. The van der Waals surface area contributed by atoms with Crippen LogP contribution in [-0.2, 0) is 21.4 Å². The van der Waals surface area contributed by atoms with Crippen LogP contribution >= 0.6 is 11.6 Å². The quantitative estimate of drug-likeness (QED) is 0.525. The van der Waals surface area contributed by atoms with Crippen LogP contribution in [-0.4, -0.2) is 35.7 Å². The molecule has 0 radical (unpaired) electrons. The molecule has 1 aromatic heterocycles. The number of sulfonamides is 1. The molecule has 0 spiro atoms. The van der Waals surface area contributed by atoms with Crippen molar-refractivity contribution in [3.8, 4) is 0 Å². The van der Waals surface area contributed by atoms with Crippen LogP contribution in [0.25, 0.3) is 0 Å². The Morgan fingerprint density at radius 1 is 1.50 bits per heavy atom. The number of aromatic nitrogens is 2. The Morgan fingerprint density at radius 2 is 2.22 bits per heavy atom. The monoisotopic (exact) mass is 294 g/mol. The summed E-state index contributed by atoms with van der Waals surface area (Å²) in [6.45, 7) is -0.0893. The highest BCUT2D eigenvalue weighted by atomic mass is 35.5. The van der Waals surface area contributed by atoms with Gasteiger partial charge in [0.2, 0.25) is 15.9 Å². The van der Waals surface area contributed by atoms with E-state index < -0.39 is 15.9 Å². The van der Waals surface area contributed by atoms with Gasteiger partial charge < -0.3 is 5.73 Å². The fourth-order valence-electron chi connectivity index (χ4n) is 1.28. The van der Waals surface area contributed by atoms with E-state index in [4.69, 9.17) is 17.3 Å². The van der Waals surface area contributed by atoms with Crippen molar-refractivity contribution in [3.05, 3.63) is 12.4 Å². The van der Waals surface area contributed by atoms with Crippen molar-refractivity contribution in [2.24, 2.45) is 5.73 Å². The number of nitrogens with one attached hydrogen (secondary N) is 1. The third-order valence-electron chi connectivity index (χ3n) is 2.02. The highest BCUT2D eigenvalue weighted by Gasteiger charge is 2.11. The highest BCUT2D eigenvalue weighted by molar-refractivity contribution is 7.92. The van der Waals surface area contributed by atoms with Crippen molar-refractivity contribution in [2.45, 2.75) is 19.4 Å². The van der Waals surface area contributed by atoms with Gasteiger partial charge in [0.25, 0.3) is 0 Å². The van der Waals surface area contributed by atoms with Gasteiger partial charge in [-0.15, -0.1) is 11.6 Å². The summed E-state index contributed by atoms with van der Waals surface area (Å²) in [5, 5.41) is 3.80. The predicted molar refractivity (Wildman–Crippen MR) is 68.8 cm³/mol. The number of rotatable bonds is 8. The minimum absolute atomic E-state index is 0.000714. The second kappa shape index (κ2) is 6.60. The molecule has 1 aromatic rings. The van der Waals surface area contributed by atoms with E-state index in [2.05, 4.69) is 9.82 Å². The summed E-state index contributed by atoms with van der Waals surface area (Å²) >= 11 is 5.47. The molecule has 0 fully saturated rings. The van der Waals surface area contributed by atoms with Crippen molar-refractivity contribution in [1.82, 2.24) is 9.78 Å². The first kappa shape index (κ1) is 14.8. The second-order valence-corrected chi connectivity index (χ2v) is 5.93. The number of nitrogens with two attached hydrogens (primary N) is 1. The maximum atomic E-state index is 11.6. The lowest BCUT2D eigenvalue weighted by molar-refractivity contribution is -0.118. The summed E-state index contributed by atoms with van der Waals surface area (Å²) in [6, 6.07) is 0. The summed E-state index contributed by atoms with van der Waals surface area (Å²) in [5.74, 6) is -0.109. The molecule has 0 aliphatic carbocycles. The van der Waals surface area contributed by atoms with Gasteiger partial charge in [0.1, 0.15) is 6.54 Å². The van der Waals surface area contributed by atoms with E-state index in [1.54, 1.807) is 0 Å². The number of anilines is 1. The van der Waals surface area contributed by atoms with Crippen LogP contribution in [0.1, 0.15) is 12.8 Å². The Balaban J connectivity index is 2.55. The molecule has 0 saturated heterocycles. The number of alkyl halides is 1. The summed E-state index contributed by atoms with van der Waals surface area (Å²) in [6.07, 6.45) is 3.86. The molecule has 0 aliphatic rings. The molecule has 7 nitrogen and oxygen atoms in total. The number of halogens is 1. The Morgan fingerprint density at radius 3 is 2.83 bits per heavy atom. The molecule has 9 heteroatoms. The lowest BCUT2D eigenvalue weighted by Crippen LogP contribution is -2.19. The Kier molecular flexibility index (Phi) is 5.42. The SMILES string of the molecule is NC(=O)Cn1cc(NS(=O)(=O)CCCCCl)cn1. The zero-order valence-corrected chi connectivity index (χ0v) is 11.2. The fraction of sp³-hybridized carbons (Fsp3) is 0.556. The van der Waals surface area contributed by atoms with Crippen molar-refractivity contribution in [1.29, 1.82) is 0 Å². The number of carbonyl (C=O) groups excluding carboxylic acids is 1. The molecular weight excluding hydrogens is 280 g/mol. The Labute approximate surface area is 110 Å². The largest absolute Gasteiger partial charge is 0.368 e. The normalized spacial score (nSPS) is 11.4. The van der Waals surface area contributed by atoms with E-state index >= 15 is 0 Å². The number of nitrogens with zero attached hydrogens (tertiary/aromatic N) is 2. The smallest absolute Gasteiger partial charge is 0.239 e. The number of hydrogen-bond donors (Lipinski definition) is 2. The summed E-state index contributed by atoms with van der Waals surface area (Å²) < 4.78 is 26.9. The molecule has 0 aliphatic heterocycles. The Hall–Kier alpha value is -1.28. The number of unbranched alkanes of at least 4 members (excludes halogenated alkanes) is 1. The highest BCUT2D eigenvalue weighted by Crippen LogP contribution is 2.09. The van der Waals surface area contributed by atoms with Gasteiger partial charge in [0, 0.05) is 12.1 Å². The van der Waals surface area contributed by atoms with Crippen LogP contribution in [0, 0.1) is 0 Å². The van der Waals surface area contributed by atoms with E-state index in [0.717, 1.165) is 0 Å². The first-order valence-electron chi connectivity index (χ1n) is 5.30. The van der Waals surface area contributed by atoms with Gasteiger partial charge in [-0.3, -0.25) is 14.2 Å². The predicted octanol–water partition coefficient (Wildman–Crippen LogP) is 0.129. The molecular formula is C9H15ClN4O3S. The summed E-state index contributed by atoms with van der Waals surface area (Å²) in [7, 11) is -3.40. The van der Waals surface area contributed by atoms with Crippen LogP contribution in [0.2, 0.25) is 0 Å². The lowest BCUT2D eigenvalue weighted by atomic mass is 10.4. The molecule has 102 valence electrons. The molecule has 0 unspecified atom stereocenters. The molecule has 1 amide bonds. The first-order chi connectivity index (χ1) is 8.43. The molecule has 1 rings (SSSR count). The third kappa shape index (κ3) is 5.37. The number of hydrogen-bond acceptors (Lipinski definition) is 4. The van der Waals surface area contributed by atoms with Gasteiger partial charge in [-0.2, -0.15) is 5.10 Å². The van der Waals surface area contributed by atoms with Gasteiger partial charge in [0.05, 0.1) is 17.6 Å². The number of primary amides is 1. The van der Waals surface area contributed by atoms with Crippen LogP contribution in [0.5, 0.6) is 0 Å². The zero-order valence-electron chi connectivity index (χ0n) is 9.67. The summed E-state index contributed by atoms with van der Waals surface area (Å²) in [5.41, 5.74) is 5.30. The van der Waals surface area contributed by atoms with E-state index in [-0.39, 0.29) is 12.3 Å². The average molecular weight is 295 g/mol. The maximum Gasteiger partial charge on any atom is 0.239 e. The molecule has 1 heterocycles. The maximum absolute atomic E-state index is 11.6. The molecule has 18 heavy (non-hydrogen) atoms. The minimum Gasteiger partial charge on any atom is -0.368 e. The lowest BCUT2D eigenvalue weighted by Gasteiger charge is -2.04. The van der Waals surface area contributed by atoms with Gasteiger partial charge in [-0.1, -0.05) is 0 Å². The van der Waals surface area contributed by atoms with Crippen molar-refractivity contribution in [2.75, 3.05) is 16.4 Å². The number of carbonyl (C=O) groups is 1. The average Bonchev–Trinajstić information content (AvgIpc) is 2.63. The van der Waals surface area contributed by atoms with Gasteiger partial charge in [0.15, 0.2) is 0 Å². The van der Waals surface area contributed by atoms with E-state index in [1.165, 1.54) is 17.1 Å². The van der Waals surface area contributed by atoms with Crippen molar-refractivity contribution >= 4 is 33.2 Å². The first-order valence-corrected chi connectivity index (χ1v) is 7.49. The molecule has 0 bridgehead atoms. The molecule has 0 saturated carbocycles. The van der Waals surface area contributed by atoms with Gasteiger partial charge in [-0.05, 0) is 12.8 Å². The topological polar surface area (TPSA) is 107 Å². The van der Waals surface area contributed by atoms with Crippen LogP contribution in [0.3, 0.4) is 0 Å². The molecule has 0 aromatic carbocycles. The zero-order chi connectivity index (χ0) is 13.6. The van der Waals surface area contributed by atoms with Crippen molar-refractivity contribution in [3.63, 3.8) is 0 Å². The van der Waals surface area contributed by atoms with E-state index in [0.29, 0.717) is 24.4 Å². The fourth-order valence-corrected chi connectivity index (χ4v) is 2.62. The third-order valence-corrected chi connectivity index (χ3v) is 3.66. The minimum atomic E-state index is -3.40.